The van der Waals surface area contributed by atoms with E-state index in [1.54, 1.807) is 0 Å². The fraction of sp³-hybridized carbons (Fsp3) is 0.0714. The Bertz CT molecular complexity index is 658. The Balaban J connectivity index is 2.07. The van der Waals surface area contributed by atoms with Gasteiger partial charge in [0.15, 0.2) is 0 Å². The van der Waals surface area contributed by atoms with Crippen molar-refractivity contribution in [3.8, 4) is 0 Å². The summed E-state index contributed by atoms with van der Waals surface area (Å²) in [7, 11) is 0. The highest BCUT2D eigenvalue weighted by Gasteiger charge is 2.10. The average molecular weight is 335 g/mol. The van der Waals surface area contributed by atoms with E-state index in [1.165, 1.54) is 18.3 Å². The summed E-state index contributed by atoms with van der Waals surface area (Å²) in [6, 6.07) is 10.3. The first kappa shape index (κ1) is 14.2. The Morgan fingerprint density at radius 3 is 2.70 bits per heavy atom. The molecule has 20 heavy (non-hydrogen) atoms. The lowest BCUT2D eigenvalue weighted by molar-refractivity contribution is 0.0690. The number of halogens is 1. The monoisotopic (exact) mass is 334 g/mol. The molecule has 0 saturated heterocycles. The molecule has 1 aromatic heterocycles. The molecule has 5 nitrogen and oxygen atoms in total. The van der Waals surface area contributed by atoms with Crippen molar-refractivity contribution >= 4 is 27.8 Å². The van der Waals surface area contributed by atoms with E-state index in [2.05, 4.69) is 26.2 Å². The second-order valence-corrected chi connectivity index (χ2v) is 4.86. The molecule has 102 valence electrons. The van der Waals surface area contributed by atoms with Crippen LogP contribution in [0.3, 0.4) is 0 Å². The molecule has 0 aliphatic heterocycles. The number of hydrogen-bond donors (Lipinski definition) is 2. The minimum Gasteiger partial charge on any atom is -0.477 e. The lowest BCUT2D eigenvalue weighted by Crippen LogP contribution is -2.23. The van der Waals surface area contributed by atoms with E-state index in [1.807, 2.05) is 24.3 Å². The Hall–Kier alpha value is -2.21. The number of pyridine rings is 1. The van der Waals surface area contributed by atoms with Gasteiger partial charge in [-0.05, 0) is 23.8 Å². The summed E-state index contributed by atoms with van der Waals surface area (Å²) in [6.45, 7) is 0.352. The molecule has 0 aliphatic rings. The van der Waals surface area contributed by atoms with Gasteiger partial charge in [0.1, 0.15) is 5.69 Å². The fourth-order valence-electron chi connectivity index (χ4n) is 1.61. The molecule has 2 aromatic rings. The van der Waals surface area contributed by atoms with E-state index < -0.39 is 5.97 Å². The van der Waals surface area contributed by atoms with Gasteiger partial charge in [0.05, 0.1) is 0 Å². The molecule has 0 radical (unpaired) electrons. The standard InChI is InChI=1S/C14H11BrN2O3/c15-11-4-2-1-3-10(11)8-17-13(18)9-5-6-16-12(7-9)14(19)20/h1-7H,8H2,(H,17,18)(H,19,20). The summed E-state index contributed by atoms with van der Waals surface area (Å²) in [5, 5.41) is 11.6. The van der Waals surface area contributed by atoms with Crippen LogP contribution in [0.4, 0.5) is 0 Å². The molecule has 1 aromatic carbocycles. The van der Waals surface area contributed by atoms with Gasteiger partial charge in [0, 0.05) is 22.8 Å². The number of nitrogens with one attached hydrogen (secondary N) is 1. The lowest BCUT2D eigenvalue weighted by Gasteiger charge is -2.07. The van der Waals surface area contributed by atoms with Gasteiger partial charge in [-0.25, -0.2) is 9.78 Å². The van der Waals surface area contributed by atoms with Gasteiger partial charge < -0.3 is 10.4 Å². The number of carboxylic acids is 1. The second-order valence-electron chi connectivity index (χ2n) is 4.01. The van der Waals surface area contributed by atoms with Crippen LogP contribution in [0.1, 0.15) is 26.4 Å². The summed E-state index contributed by atoms with van der Waals surface area (Å²) in [5.41, 5.74) is 1.05. The third-order valence-corrected chi connectivity index (χ3v) is 3.41. The van der Waals surface area contributed by atoms with Crippen LogP contribution >= 0.6 is 15.9 Å². The van der Waals surface area contributed by atoms with Crippen LogP contribution in [0.2, 0.25) is 0 Å². The minimum absolute atomic E-state index is 0.154. The first-order valence-electron chi connectivity index (χ1n) is 5.79. The smallest absolute Gasteiger partial charge is 0.354 e. The molecule has 2 N–H and O–H groups in total. The van der Waals surface area contributed by atoms with Gasteiger partial charge in [-0.1, -0.05) is 34.1 Å². The Morgan fingerprint density at radius 2 is 2.00 bits per heavy atom. The number of carbonyl (C=O) groups excluding carboxylic acids is 1. The van der Waals surface area contributed by atoms with E-state index in [9.17, 15) is 9.59 Å². The van der Waals surface area contributed by atoms with E-state index >= 15 is 0 Å². The first-order valence-corrected chi connectivity index (χ1v) is 6.58. The van der Waals surface area contributed by atoms with Crippen molar-refractivity contribution in [3.63, 3.8) is 0 Å². The highest BCUT2D eigenvalue weighted by molar-refractivity contribution is 9.10. The predicted octanol–water partition coefficient (Wildman–Crippen LogP) is 2.47. The molecule has 0 unspecified atom stereocenters. The van der Waals surface area contributed by atoms with Crippen molar-refractivity contribution in [1.82, 2.24) is 10.3 Å². The molecule has 0 atom stereocenters. The topological polar surface area (TPSA) is 79.3 Å². The molecule has 6 heteroatoms. The van der Waals surface area contributed by atoms with E-state index in [4.69, 9.17) is 5.11 Å². The molecule has 1 amide bonds. The highest BCUT2D eigenvalue weighted by atomic mass is 79.9. The van der Waals surface area contributed by atoms with Crippen LogP contribution < -0.4 is 5.32 Å². The number of nitrogens with zero attached hydrogens (tertiary/aromatic N) is 1. The average Bonchev–Trinajstić information content (AvgIpc) is 2.46. The third-order valence-electron chi connectivity index (χ3n) is 2.64. The van der Waals surface area contributed by atoms with Gasteiger partial charge in [0.2, 0.25) is 0 Å². The molecule has 0 aliphatic carbocycles. The maximum absolute atomic E-state index is 12.0. The number of carbonyl (C=O) groups is 2. The number of aromatic carboxylic acids is 1. The second kappa shape index (κ2) is 6.29. The summed E-state index contributed by atoms with van der Waals surface area (Å²) in [5.74, 6) is -1.50. The van der Waals surface area contributed by atoms with Crippen LogP contribution in [-0.2, 0) is 6.54 Å². The van der Waals surface area contributed by atoms with Gasteiger partial charge in [-0.15, -0.1) is 0 Å². The summed E-state index contributed by atoms with van der Waals surface area (Å²) < 4.78 is 0.904. The van der Waals surface area contributed by atoms with Crippen molar-refractivity contribution < 1.29 is 14.7 Å². The highest BCUT2D eigenvalue weighted by Crippen LogP contribution is 2.15. The lowest BCUT2D eigenvalue weighted by atomic mass is 10.2. The molecule has 2 rings (SSSR count). The molecular weight excluding hydrogens is 324 g/mol. The number of benzene rings is 1. The number of amides is 1. The molecule has 1 heterocycles. The van der Waals surface area contributed by atoms with Crippen LogP contribution in [0.15, 0.2) is 47.1 Å². The first-order chi connectivity index (χ1) is 9.58. The number of carboxylic acid groups (broad SMARTS) is 1. The quantitative estimate of drug-likeness (QED) is 0.900. The summed E-state index contributed by atoms with van der Waals surface area (Å²) in [4.78, 5) is 26.4. The zero-order valence-electron chi connectivity index (χ0n) is 10.3. The van der Waals surface area contributed by atoms with Crippen molar-refractivity contribution in [2.75, 3.05) is 0 Å². The van der Waals surface area contributed by atoms with Crippen LogP contribution in [0.5, 0.6) is 0 Å². The van der Waals surface area contributed by atoms with Crippen LogP contribution in [-0.4, -0.2) is 22.0 Å². The van der Waals surface area contributed by atoms with Crippen molar-refractivity contribution in [2.24, 2.45) is 0 Å². The van der Waals surface area contributed by atoms with Crippen LogP contribution in [0, 0.1) is 0 Å². The fourth-order valence-corrected chi connectivity index (χ4v) is 2.03. The molecule has 0 spiro atoms. The Labute approximate surface area is 123 Å². The van der Waals surface area contributed by atoms with Gasteiger partial charge >= 0.3 is 5.97 Å². The van der Waals surface area contributed by atoms with E-state index in [0.717, 1.165) is 10.0 Å². The molecular formula is C14H11BrN2O3. The van der Waals surface area contributed by atoms with Gasteiger partial charge in [-0.3, -0.25) is 4.79 Å². The Morgan fingerprint density at radius 1 is 1.25 bits per heavy atom. The molecule has 0 saturated carbocycles. The number of aromatic nitrogens is 1. The molecule has 0 bridgehead atoms. The van der Waals surface area contributed by atoms with Gasteiger partial charge in [-0.2, -0.15) is 0 Å². The normalized spacial score (nSPS) is 10.1. The largest absolute Gasteiger partial charge is 0.477 e. The predicted molar refractivity (Wildman–Crippen MR) is 76.5 cm³/mol. The Kier molecular flexibility index (Phi) is 4.47. The van der Waals surface area contributed by atoms with Crippen molar-refractivity contribution in [1.29, 1.82) is 0 Å². The van der Waals surface area contributed by atoms with Crippen molar-refractivity contribution in [2.45, 2.75) is 6.54 Å². The summed E-state index contributed by atoms with van der Waals surface area (Å²) in [6.07, 6.45) is 1.30. The minimum atomic E-state index is -1.16. The zero-order chi connectivity index (χ0) is 14.5. The number of hydrogen-bond acceptors (Lipinski definition) is 3. The molecule has 0 fully saturated rings. The van der Waals surface area contributed by atoms with Gasteiger partial charge in [0.25, 0.3) is 5.91 Å². The maximum Gasteiger partial charge on any atom is 0.354 e. The van der Waals surface area contributed by atoms with E-state index in [-0.39, 0.29) is 17.2 Å². The third kappa shape index (κ3) is 3.42. The van der Waals surface area contributed by atoms with E-state index in [0.29, 0.717) is 6.54 Å². The van der Waals surface area contributed by atoms with Crippen LogP contribution in [0.25, 0.3) is 0 Å². The summed E-state index contributed by atoms with van der Waals surface area (Å²) >= 11 is 3.39. The zero-order valence-corrected chi connectivity index (χ0v) is 11.9. The maximum atomic E-state index is 12.0. The van der Waals surface area contributed by atoms with Crippen molar-refractivity contribution in [3.05, 3.63) is 63.9 Å². The number of rotatable bonds is 4. The SMILES string of the molecule is O=C(NCc1ccccc1Br)c1ccnc(C(=O)O)c1.